The number of nitrogens with zero attached hydrogens (tertiary/aromatic N) is 3. The number of rotatable bonds is 25. The van der Waals surface area contributed by atoms with Gasteiger partial charge in [0.2, 0.25) is 10.0 Å². The summed E-state index contributed by atoms with van der Waals surface area (Å²) in [6.45, 7) is 6.37. The van der Waals surface area contributed by atoms with Gasteiger partial charge in [-0.1, -0.05) is 117 Å². The van der Waals surface area contributed by atoms with Crippen molar-refractivity contribution in [3.63, 3.8) is 0 Å². The Balaban J connectivity index is 2.05. The number of unbranched alkanes of at least 4 members (excludes halogenated alkanes) is 16. The topological polar surface area (TPSA) is 160 Å². The maximum absolute atomic E-state index is 13.7. The first-order chi connectivity index (χ1) is 21.0. The van der Waals surface area contributed by atoms with E-state index in [1.165, 1.54) is 38.5 Å². The van der Waals surface area contributed by atoms with Gasteiger partial charge in [-0.2, -0.15) is 9.30 Å². The number of hydrogen-bond donors (Lipinski definition) is 1. The van der Waals surface area contributed by atoms with Gasteiger partial charge in [0, 0.05) is 13.0 Å². The van der Waals surface area contributed by atoms with Crippen molar-refractivity contribution in [3.8, 4) is 0 Å². The quantitative estimate of drug-likeness (QED) is 0.0784. The van der Waals surface area contributed by atoms with E-state index in [0.29, 0.717) is 17.3 Å². The molecule has 252 valence electrons. The molecule has 2 unspecified atom stereocenters. The van der Waals surface area contributed by atoms with Gasteiger partial charge in [0.15, 0.2) is 11.4 Å². The van der Waals surface area contributed by atoms with Crippen molar-refractivity contribution in [3.05, 3.63) is 0 Å². The summed E-state index contributed by atoms with van der Waals surface area (Å²) in [6.07, 6.45) is 17.7. The highest BCUT2D eigenvalue weighted by Crippen LogP contribution is 2.38. The Hall–Kier alpha value is -2.11. The van der Waals surface area contributed by atoms with Gasteiger partial charge < -0.3 is 10.1 Å². The molecule has 5 amide bonds. The summed E-state index contributed by atoms with van der Waals surface area (Å²) in [7, 11) is -8.30. The molecule has 0 bridgehead atoms. The number of nitrogens with one attached hydrogen (secondary N) is 1. The van der Waals surface area contributed by atoms with E-state index in [1.54, 1.807) is 6.92 Å². The van der Waals surface area contributed by atoms with Crippen molar-refractivity contribution in [2.24, 2.45) is 4.99 Å². The standard InChI is InChI=1S/C30H53N4O8PS/c1-4-6-8-10-12-14-15-16-18-20-22-42-25(3)24-30-26(31-28(36)32-30)27(35)33(43(38)39)29(37)34(30)44(40,41)23-21-19-17-13-11-9-7-5-2/h25H,4-24H2,1-3H3,(H,32,36). The van der Waals surface area contributed by atoms with Crippen molar-refractivity contribution in [1.29, 1.82) is 0 Å². The minimum absolute atomic E-state index is 0.159. The molecule has 1 saturated heterocycles. The average molecular weight is 661 g/mol. The number of carbonyl (C=O) groups excluding carboxylic acids is 3. The monoisotopic (exact) mass is 660 g/mol. The summed E-state index contributed by atoms with van der Waals surface area (Å²) in [4.78, 5) is 42.6. The summed E-state index contributed by atoms with van der Waals surface area (Å²) < 4.78 is 57.2. The summed E-state index contributed by atoms with van der Waals surface area (Å²) in [5, 5.41) is 2.41. The Bertz CT molecular complexity index is 1150. The van der Waals surface area contributed by atoms with E-state index in [1.807, 2.05) is 0 Å². The number of carbonyl (C=O) groups is 3. The van der Waals surface area contributed by atoms with E-state index in [-0.39, 0.29) is 17.5 Å². The van der Waals surface area contributed by atoms with Crippen LogP contribution in [0.4, 0.5) is 9.59 Å². The lowest BCUT2D eigenvalue weighted by molar-refractivity contribution is -0.120. The molecule has 2 aliphatic heterocycles. The molecule has 12 nitrogen and oxygen atoms in total. The van der Waals surface area contributed by atoms with Crippen LogP contribution in [0.25, 0.3) is 0 Å². The lowest BCUT2D eigenvalue weighted by Gasteiger charge is -2.44. The highest BCUT2D eigenvalue weighted by atomic mass is 32.2. The molecule has 0 aromatic heterocycles. The summed E-state index contributed by atoms with van der Waals surface area (Å²) in [6, 6.07) is -2.58. The van der Waals surface area contributed by atoms with E-state index in [9.17, 15) is 31.9 Å². The Morgan fingerprint density at radius 3 is 1.77 bits per heavy atom. The normalized spacial score (nSPS) is 19.2. The maximum Gasteiger partial charge on any atom is 0.438 e. The second kappa shape index (κ2) is 19.4. The van der Waals surface area contributed by atoms with Crippen molar-refractivity contribution in [1.82, 2.24) is 14.3 Å². The second-order valence-electron chi connectivity index (χ2n) is 12.0. The third-order valence-corrected chi connectivity index (χ3v) is 10.7. The highest BCUT2D eigenvalue weighted by molar-refractivity contribution is 7.89. The van der Waals surface area contributed by atoms with Gasteiger partial charge in [0.25, 0.3) is 5.91 Å². The third kappa shape index (κ3) is 11.1. The number of fused-ring (bicyclic) bond motifs is 1. The van der Waals surface area contributed by atoms with Crippen molar-refractivity contribution in [2.75, 3.05) is 12.4 Å². The van der Waals surface area contributed by atoms with Crippen LogP contribution < -0.4 is 5.32 Å². The molecule has 0 saturated carbocycles. The number of ether oxygens (including phenoxy) is 1. The zero-order valence-corrected chi connectivity index (χ0v) is 28.6. The molecule has 2 rings (SSSR count). The molecule has 1 N–H and O–H groups in total. The van der Waals surface area contributed by atoms with Crippen molar-refractivity contribution >= 4 is 41.5 Å². The number of imide groups is 1. The van der Waals surface area contributed by atoms with Crippen LogP contribution >= 0.6 is 7.83 Å². The van der Waals surface area contributed by atoms with Crippen LogP contribution in [0.3, 0.4) is 0 Å². The van der Waals surface area contributed by atoms with Crippen molar-refractivity contribution in [2.45, 2.75) is 155 Å². The van der Waals surface area contributed by atoms with E-state index in [2.05, 4.69) is 24.2 Å². The fourth-order valence-electron chi connectivity index (χ4n) is 5.86. The predicted molar refractivity (Wildman–Crippen MR) is 169 cm³/mol. The molecule has 0 aromatic rings. The zero-order chi connectivity index (χ0) is 32.6. The van der Waals surface area contributed by atoms with Gasteiger partial charge in [-0.05, 0) is 19.8 Å². The first kappa shape index (κ1) is 38.1. The lowest BCUT2D eigenvalue weighted by Crippen LogP contribution is -2.74. The molecule has 2 atom stereocenters. The Kier molecular flexibility index (Phi) is 16.8. The summed E-state index contributed by atoms with van der Waals surface area (Å²) in [5.74, 6) is -1.80. The van der Waals surface area contributed by atoms with Gasteiger partial charge in [-0.3, -0.25) is 4.79 Å². The van der Waals surface area contributed by atoms with Crippen LogP contribution in [0, 0.1) is 0 Å². The molecule has 44 heavy (non-hydrogen) atoms. The van der Waals surface area contributed by atoms with Crippen molar-refractivity contribution < 1.29 is 36.7 Å². The molecule has 14 heteroatoms. The molecule has 2 aliphatic rings. The highest BCUT2D eigenvalue weighted by Gasteiger charge is 2.64. The summed E-state index contributed by atoms with van der Waals surface area (Å²) in [5.41, 5.74) is -2.81. The average Bonchev–Trinajstić information content (AvgIpc) is 3.28. The van der Waals surface area contributed by atoms with Crippen LogP contribution in [-0.2, 0) is 28.7 Å². The SMILES string of the molecule is CCCCCCCCCCCCOC(C)CC12NC(=O)N=C1C(=O)N(P(=O)=O)C(=O)N2S(=O)(=O)CCCCCCCCCC. The van der Waals surface area contributed by atoms with E-state index >= 15 is 0 Å². The van der Waals surface area contributed by atoms with Gasteiger partial charge in [-0.15, -0.1) is 4.67 Å². The predicted octanol–water partition coefficient (Wildman–Crippen LogP) is 7.39. The lowest BCUT2D eigenvalue weighted by atomic mass is 9.95. The zero-order valence-electron chi connectivity index (χ0n) is 26.9. The van der Waals surface area contributed by atoms with E-state index in [4.69, 9.17) is 4.74 Å². The molecule has 0 aromatic carbocycles. The summed E-state index contributed by atoms with van der Waals surface area (Å²) >= 11 is 0. The molecule has 2 heterocycles. The Morgan fingerprint density at radius 2 is 1.27 bits per heavy atom. The van der Waals surface area contributed by atoms with Crippen LogP contribution in [0.1, 0.15) is 143 Å². The molecular weight excluding hydrogens is 607 g/mol. The smallest absolute Gasteiger partial charge is 0.378 e. The maximum atomic E-state index is 13.7. The van der Waals surface area contributed by atoms with Gasteiger partial charge in [0.05, 0.1) is 11.9 Å². The molecule has 0 aliphatic carbocycles. The molecular formula is C30H53N4O8PS. The minimum atomic E-state index is -4.48. The molecule has 1 fully saturated rings. The van der Waals surface area contributed by atoms with Gasteiger partial charge in [0.1, 0.15) is 0 Å². The number of urea groups is 2. The number of sulfonamides is 1. The Morgan fingerprint density at radius 1 is 0.795 bits per heavy atom. The first-order valence-electron chi connectivity index (χ1n) is 16.6. The van der Waals surface area contributed by atoms with Crippen LogP contribution in [0.15, 0.2) is 4.99 Å². The molecule has 0 radical (unpaired) electrons. The fourth-order valence-corrected chi connectivity index (χ4v) is 8.14. The minimum Gasteiger partial charge on any atom is -0.378 e. The number of amides is 5. The third-order valence-electron chi connectivity index (χ3n) is 8.20. The van der Waals surface area contributed by atoms with Gasteiger partial charge >= 0.3 is 19.9 Å². The van der Waals surface area contributed by atoms with Crippen LogP contribution in [0.2, 0.25) is 0 Å². The van der Waals surface area contributed by atoms with E-state index in [0.717, 1.165) is 64.2 Å². The van der Waals surface area contributed by atoms with Crippen LogP contribution in [-0.4, -0.2) is 65.2 Å². The number of aliphatic imine (C=N–C) groups is 1. The molecule has 0 spiro atoms. The number of hydrogen-bond acceptors (Lipinski definition) is 8. The first-order valence-corrected chi connectivity index (χ1v) is 19.3. The largest absolute Gasteiger partial charge is 0.438 e. The van der Waals surface area contributed by atoms with Crippen LogP contribution in [0.5, 0.6) is 0 Å². The second-order valence-corrected chi connectivity index (χ2v) is 14.8. The van der Waals surface area contributed by atoms with Gasteiger partial charge in [-0.25, -0.2) is 27.1 Å². The fraction of sp³-hybridized carbons (Fsp3) is 0.867. The van der Waals surface area contributed by atoms with E-state index < -0.39 is 59.1 Å². The Labute approximate surface area is 264 Å².